The van der Waals surface area contributed by atoms with Gasteiger partial charge in [-0.05, 0) is 59.8 Å². The fourth-order valence-electron chi connectivity index (χ4n) is 1.37. The predicted octanol–water partition coefficient (Wildman–Crippen LogP) is 3.43. The fourth-order valence-corrected chi connectivity index (χ4v) is 2.66. The Morgan fingerprint density at radius 2 is 2.22 bits per heavy atom. The third-order valence-electron chi connectivity index (χ3n) is 2.21. The number of nitrogens with zero attached hydrogens (tertiary/aromatic N) is 1. The number of carbonyl (C=O) groups is 1. The van der Waals surface area contributed by atoms with Crippen molar-refractivity contribution in [3.63, 3.8) is 0 Å². The van der Waals surface area contributed by atoms with Gasteiger partial charge in [0, 0.05) is 18.9 Å². The van der Waals surface area contributed by atoms with Crippen LogP contribution in [0.15, 0.2) is 41.5 Å². The summed E-state index contributed by atoms with van der Waals surface area (Å²) in [5, 5.41) is 3.94. The molecule has 0 bridgehead atoms. The second-order valence-electron chi connectivity index (χ2n) is 3.66. The molecule has 2 rings (SSSR count). The quantitative estimate of drug-likeness (QED) is 0.502. The van der Waals surface area contributed by atoms with Gasteiger partial charge in [-0.25, -0.2) is 5.43 Å². The number of nitrogens with one attached hydrogen (secondary N) is 1. The average molecular weight is 370 g/mol. The van der Waals surface area contributed by atoms with Gasteiger partial charge in [0.05, 0.1) is 6.21 Å². The van der Waals surface area contributed by atoms with Crippen LogP contribution in [0, 0.1) is 10.5 Å². The van der Waals surface area contributed by atoms with E-state index in [2.05, 4.69) is 33.1 Å². The van der Waals surface area contributed by atoms with Crippen molar-refractivity contribution in [2.24, 2.45) is 5.10 Å². The van der Waals surface area contributed by atoms with Gasteiger partial charge < -0.3 is 0 Å². The average Bonchev–Trinajstić information content (AvgIpc) is 2.75. The van der Waals surface area contributed by atoms with Crippen molar-refractivity contribution in [2.75, 3.05) is 0 Å². The molecule has 0 atom stereocenters. The maximum Gasteiger partial charge on any atom is 0.271 e. The van der Waals surface area contributed by atoms with Crippen LogP contribution in [-0.4, -0.2) is 12.1 Å². The number of halogens is 1. The Balaban J connectivity index is 1.98. The highest BCUT2D eigenvalue weighted by atomic mass is 127. The number of hydrazone groups is 1. The molecule has 5 heteroatoms. The number of hydrogen-bond donors (Lipinski definition) is 1. The van der Waals surface area contributed by atoms with E-state index < -0.39 is 0 Å². The summed E-state index contributed by atoms with van der Waals surface area (Å²) >= 11 is 3.81. The first-order valence-electron chi connectivity index (χ1n) is 5.30. The lowest BCUT2D eigenvalue weighted by Gasteiger charge is -1.99. The van der Waals surface area contributed by atoms with Crippen LogP contribution in [0.5, 0.6) is 0 Å². The molecule has 0 aliphatic rings. The summed E-state index contributed by atoms with van der Waals surface area (Å²) < 4.78 is 1.03. The number of amides is 1. The Morgan fingerprint density at radius 3 is 2.89 bits per heavy atom. The number of benzene rings is 1. The molecule has 1 heterocycles. The van der Waals surface area contributed by atoms with Gasteiger partial charge in [0.25, 0.3) is 5.91 Å². The van der Waals surface area contributed by atoms with E-state index >= 15 is 0 Å². The van der Waals surface area contributed by atoms with E-state index in [0.29, 0.717) is 5.56 Å². The molecule has 0 unspecified atom stereocenters. The number of rotatable bonds is 3. The molecule has 92 valence electrons. The van der Waals surface area contributed by atoms with Crippen molar-refractivity contribution in [3.05, 3.63) is 55.3 Å². The van der Waals surface area contributed by atoms with Crippen molar-refractivity contribution in [1.29, 1.82) is 0 Å². The highest BCUT2D eigenvalue weighted by Gasteiger charge is 2.03. The minimum Gasteiger partial charge on any atom is -0.267 e. The SMILES string of the molecule is Cc1ccc(C=NNC(=O)c2cccc(I)c2)s1. The zero-order valence-corrected chi connectivity index (χ0v) is 12.7. The first-order valence-corrected chi connectivity index (χ1v) is 7.20. The second kappa shape index (κ2) is 6.10. The first kappa shape index (κ1) is 13.2. The normalized spacial score (nSPS) is 10.8. The predicted molar refractivity (Wildman–Crippen MR) is 83.3 cm³/mol. The lowest BCUT2D eigenvalue weighted by molar-refractivity contribution is 0.0955. The third kappa shape index (κ3) is 3.64. The van der Waals surface area contributed by atoms with Gasteiger partial charge in [0.15, 0.2) is 0 Å². The van der Waals surface area contributed by atoms with Crippen LogP contribution in [0.3, 0.4) is 0 Å². The monoisotopic (exact) mass is 370 g/mol. The molecule has 18 heavy (non-hydrogen) atoms. The Morgan fingerprint density at radius 1 is 1.39 bits per heavy atom. The molecule has 0 fully saturated rings. The van der Waals surface area contributed by atoms with Gasteiger partial charge in [-0.1, -0.05) is 6.07 Å². The summed E-state index contributed by atoms with van der Waals surface area (Å²) in [7, 11) is 0. The second-order valence-corrected chi connectivity index (χ2v) is 6.22. The van der Waals surface area contributed by atoms with Crippen molar-refractivity contribution >= 4 is 46.0 Å². The van der Waals surface area contributed by atoms with E-state index in [9.17, 15) is 4.79 Å². The molecule has 1 aromatic heterocycles. The summed E-state index contributed by atoms with van der Waals surface area (Å²) in [6, 6.07) is 11.4. The molecular formula is C13H11IN2OS. The lowest BCUT2D eigenvalue weighted by Crippen LogP contribution is -2.17. The van der Waals surface area contributed by atoms with Gasteiger partial charge in [-0.2, -0.15) is 5.10 Å². The molecule has 2 aromatic rings. The molecule has 0 aliphatic carbocycles. The van der Waals surface area contributed by atoms with Crippen LogP contribution in [-0.2, 0) is 0 Å². The highest BCUT2D eigenvalue weighted by molar-refractivity contribution is 14.1. The smallest absolute Gasteiger partial charge is 0.267 e. The van der Waals surface area contributed by atoms with Crippen LogP contribution in [0.1, 0.15) is 20.1 Å². The van der Waals surface area contributed by atoms with Crippen molar-refractivity contribution in [3.8, 4) is 0 Å². The Labute approximate surface area is 123 Å². The number of thiophene rings is 1. The maximum atomic E-state index is 11.8. The molecule has 0 saturated heterocycles. The largest absolute Gasteiger partial charge is 0.271 e. The van der Waals surface area contributed by atoms with E-state index in [1.165, 1.54) is 4.88 Å². The molecule has 3 nitrogen and oxygen atoms in total. The van der Waals surface area contributed by atoms with E-state index in [4.69, 9.17) is 0 Å². The fraction of sp³-hybridized carbons (Fsp3) is 0.0769. The Bertz CT molecular complexity index is 592. The topological polar surface area (TPSA) is 41.5 Å². The Kier molecular flexibility index (Phi) is 4.48. The van der Waals surface area contributed by atoms with Crippen molar-refractivity contribution < 1.29 is 4.79 Å². The van der Waals surface area contributed by atoms with Crippen LogP contribution in [0.2, 0.25) is 0 Å². The van der Waals surface area contributed by atoms with Crippen LogP contribution < -0.4 is 5.43 Å². The van der Waals surface area contributed by atoms with E-state index in [0.717, 1.165) is 8.45 Å². The number of carbonyl (C=O) groups excluding carboxylic acids is 1. The van der Waals surface area contributed by atoms with Crippen LogP contribution >= 0.6 is 33.9 Å². The van der Waals surface area contributed by atoms with Crippen LogP contribution in [0.4, 0.5) is 0 Å². The zero-order chi connectivity index (χ0) is 13.0. The molecule has 0 radical (unpaired) electrons. The molecule has 0 saturated carbocycles. The minimum absolute atomic E-state index is 0.196. The maximum absolute atomic E-state index is 11.8. The van der Waals surface area contributed by atoms with E-state index in [1.807, 2.05) is 37.3 Å². The zero-order valence-electron chi connectivity index (χ0n) is 9.68. The number of hydrogen-bond acceptors (Lipinski definition) is 3. The molecule has 1 amide bonds. The molecule has 0 aliphatic heterocycles. The number of aryl methyl sites for hydroxylation is 1. The van der Waals surface area contributed by atoms with Gasteiger partial charge in [-0.3, -0.25) is 4.79 Å². The minimum atomic E-state index is -0.196. The molecule has 1 aromatic carbocycles. The summed E-state index contributed by atoms with van der Waals surface area (Å²) in [5.74, 6) is -0.196. The first-order chi connectivity index (χ1) is 8.65. The van der Waals surface area contributed by atoms with Crippen molar-refractivity contribution in [1.82, 2.24) is 5.43 Å². The standard InChI is InChI=1S/C13H11IN2OS/c1-9-5-6-12(18-9)8-15-16-13(17)10-3-2-4-11(14)7-10/h2-8H,1H3,(H,16,17). The van der Waals surface area contributed by atoms with Crippen molar-refractivity contribution in [2.45, 2.75) is 6.92 Å². The van der Waals surface area contributed by atoms with Gasteiger partial charge in [-0.15, -0.1) is 11.3 Å². The highest BCUT2D eigenvalue weighted by Crippen LogP contribution is 2.12. The van der Waals surface area contributed by atoms with Crippen LogP contribution in [0.25, 0.3) is 0 Å². The van der Waals surface area contributed by atoms with Gasteiger partial charge in [0.2, 0.25) is 0 Å². The summed E-state index contributed by atoms with van der Waals surface area (Å²) in [5.41, 5.74) is 3.13. The van der Waals surface area contributed by atoms with Gasteiger partial charge in [0.1, 0.15) is 0 Å². The summed E-state index contributed by atoms with van der Waals surface area (Å²) in [6.45, 7) is 2.03. The Hall–Kier alpha value is -1.21. The molecule has 0 spiro atoms. The van der Waals surface area contributed by atoms with Gasteiger partial charge >= 0.3 is 0 Å². The summed E-state index contributed by atoms with van der Waals surface area (Å²) in [4.78, 5) is 14.0. The van der Waals surface area contributed by atoms with E-state index in [-0.39, 0.29) is 5.91 Å². The molecule has 1 N–H and O–H groups in total. The third-order valence-corrected chi connectivity index (χ3v) is 3.81. The molecular weight excluding hydrogens is 359 g/mol. The summed E-state index contributed by atoms with van der Waals surface area (Å²) in [6.07, 6.45) is 1.66. The lowest BCUT2D eigenvalue weighted by atomic mass is 10.2. The van der Waals surface area contributed by atoms with E-state index in [1.54, 1.807) is 23.6 Å².